The molecule has 4 rings (SSSR count). The van der Waals surface area contributed by atoms with E-state index in [-0.39, 0.29) is 17.9 Å². The van der Waals surface area contributed by atoms with Crippen LogP contribution in [0.25, 0.3) is 5.65 Å². The number of hydrogen-bond acceptors (Lipinski definition) is 3. The Morgan fingerprint density at radius 2 is 1.81 bits per heavy atom. The molecule has 0 aliphatic rings. The molecule has 4 aromatic rings. The molecule has 1 atom stereocenters. The molecule has 7 heteroatoms. The maximum Gasteiger partial charge on any atom is 0.267 e. The van der Waals surface area contributed by atoms with Crippen molar-refractivity contribution in [1.29, 1.82) is 0 Å². The van der Waals surface area contributed by atoms with Gasteiger partial charge >= 0.3 is 0 Å². The second-order valence-electron chi connectivity index (χ2n) is 7.89. The average molecular weight is 430 g/mol. The van der Waals surface area contributed by atoms with Crippen LogP contribution < -0.4 is 5.32 Å². The van der Waals surface area contributed by atoms with Crippen molar-refractivity contribution >= 4 is 17.5 Å². The van der Waals surface area contributed by atoms with Crippen LogP contribution in [0, 0.1) is 0 Å². The Labute approximate surface area is 187 Å². The number of carbonyl (C=O) groups is 2. The van der Waals surface area contributed by atoms with Gasteiger partial charge in [0.2, 0.25) is 0 Å². The normalized spacial score (nSPS) is 11.9. The minimum atomic E-state index is -0.118. The molecule has 0 aliphatic carbocycles. The molecule has 164 valence electrons. The van der Waals surface area contributed by atoms with Crippen molar-refractivity contribution in [3.05, 3.63) is 96.2 Å². The number of rotatable bonds is 8. The lowest BCUT2D eigenvalue weighted by atomic mass is 10.0. The lowest BCUT2D eigenvalue weighted by Gasteiger charge is -2.29. The molecule has 2 amide bonds. The van der Waals surface area contributed by atoms with E-state index in [0.717, 1.165) is 5.56 Å². The third-order valence-electron chi connectivity index (χ3n) is 5.77. The summed E-state index contributed by atoms with van der Waals surface area (Å²) in [6.07, 6.45) is 8.56. The zero-order valence-electron chi connectivity index (χ0n) is 18.3. The second-order valence-corrected chi connectivity index (χ2v) is 7.89. The highest BCUT2D eigenvalue weighted by atomic mass is 16.2. The number of nitrogens with zero attached hydrogens (tertiary/aromatic N) is 4. The zero-order chi connectivity index (χ0) is 22.5. The van der Waals surface area contributed by atoms with E-state index < -0.39 is 0 Å². The number of aromatic nitrogens is 3. The summed E-state index contributed by atoms with van der Waals surface area (Å²) in [7, 11) is 3.66. The minimum Gasteiger partial charge on any atom is -0.351 e. The van der Waals surface area contributed by atoms with Gasteiger partial charge in [-0.3, -0.25) is 9.59 Å². The van der Waals surface area contributed by atoms with Gasteiger partial charge in [0.25, 0.3) is 11.8 Å². The summed E-state index contributed by atoms with van der Waals surface area (Å²) in [5.41, 5.74) is 2.95. The summed E-state index contributed by atoms with van der Waals surface area (Å²) in [6, 6.07) is 17.3. The maximum atomic E-state index is 13.4. The number of fused-ring (bicyclic) bond motifs is 1. The SMILES string of the molecule is CN(C(=O)c1cccn2ccnc12)C(CCNC(=O)c1cccn1C)Cc1ccccc1. The minimum absolute atomic E-state index is 0.0866. The predicted octanol–water partition coefficient (Wildman–Crippen LogP) is 3.18. The molecule has 32 heavy (non-hydrogen) atoms. The Kier molecular flexibility index (Phi) is 6.35. The van der Waals surface area contributed by atoms with Crippen LogP contribution in [0.1, 0.15) is 32.8 Å². The first-order valence-corrected chi connectivity index (χ1v) is 10.7. The molecule has 0 aliphatic heterocycles. The number of likely N-dealkylation sites (N-methyl/N-ethyl adjacent to an activating group) is 1. The summed E-state index contributed by atoms with van der Waals surface area (Å²) >= 11 is 0. The molecule has 7 nitrogen and oxygen atoms in total. The largest absolute Gasteiger partial charge is 0.351 e. The van der Waals surface area contributed by atoms with E-state index in [9.17, 15) is 9.59 Å². The van der Waals surface area contributed by atoms with Crippen LogP contribution in [0.15, 0.2) is 79.4 Å². The summed E-state index contributed by atoms with van der Waals surface area (Å²) in [4.78, 5) is 32.0. The van der Waals surface area contributed by atoms with Crippen molar-refractivity contribution < 1.29 is 9.59 Å². The fraction of sp³-hybridized carbons (Fsp3) is 0.240. The van der Waals surface area contributed by atoms with Crippen LogP contribution in [0.4, 0.5) is 0 Å². The van der Waals surface area contributed by atoms with Gasteiger partial charge in [-0.1, -0.05) is 30.3 Å². The average Bonchev–Trinajstić information content (AvgIpc) is 3.46. The molecule has 0 radical (unpaired) electrons. The Morgan fingerprint density at radius 1 is 1.03 bits per heavy atom. The quantitative estimate of drug-likeness (QED) is 0.468. The number of carbonyl (C=O) groups excluding carboxylic acids is 2. The first-order chi connectivity index (χ1) is 15.5. The van der Waals surface area contributed by atoms with Gasteiger partial charge in [-0.15, -0.1) is 0 Å². The molecule has 0 bridgehead atoms. The number of aryl methyl sites for hydroxylation is 1. The third kappa shape index (κ3) is 4.56. The Hall–Kier alpha value is -3.87. The molecule has 0 saturated heterocycles. The number of benzene rings is 1. The summed E-state index contributed by atoms with van der Waals surface area (Å²) in [5, 5.41) is 2.99. The van der Waals surface area contributed by atoms with Crippen LogP contribution >= 0.6 is 0 Å². The Morgan fingerprint density at radius 3 is 2.56 bits per heavy atom. The Balaban J connectivity index is 1.50. The van der Waals surface area contributed by atoms with Crippen LogP contribution in [-0.4, -0.2) is 50.3 Å². The smallest absolute Gasteiger partial charge is 0.267 e. The number of nitrogens with one attached hydrogen (secondary N) is 1. The fourth-order valence-corrected chi connectivity index (χ4v) is 3.93. The molecule has 0 spiro atoms. The molecule has 3 heterocycles. The van der Waals surface area contributed by atoms with Gasteiger partial charge in [-0.2, -0.15) is 0 Å². The van der Waals surface area contributed by atoms with Crippen molar-refractivity contribution in [2.24, 2.45) is 7.05 Å². The van der Waals surface area contributed by atoms with Crippen molar-refractivity contribution in [1.82, 2.24) is 24.2 Å². The van der Waals surface area contributed by atoms with Crippen LogP contribution in [0.5, 0.6) is 0 Å². The zero-order valence-corrected chi connectivity index (χ0v) is 18.3. The fourth-order valence-electron chi connectivity index (χ4n) is 3.93. The second kappa shape index (κ2) is 9.51. The van der Waals surface area contributed by atoms with Crippen molar-refractivity contribution in [3.63, 3.8) is 0 Å². The van der Waals surface area contributed by atoms with Gasteiger partial charge in [0, 0.05) is 51.5 Å². The molecule has 1 unspecified atom stereocenters. The third-order valence-corrected chi connectivity index (χ3v) is 5.77. The van der Waals surface area contributed by atoms with E-state index in [1.54, 1.807) is 27.8 Å². The first-order valence-electron chi connectivity index (χ1n) is 10.7. The summed E-state index contributed by atoms with van der Waals surface area (Å²) < 4.78 is 3.63. The Bertz CT molecular complexity index is 1210. The van der Waals surface area contributed by atoms with Gasteiger partial charge in [-0.25, -0.2) is 4.98 Å². The van der Waals surface area contributed by atoms with Gasteiger partial charge in [0.1, 0.15) is 11.3 Å². The molecule has 3 aromatic heterocycles. The monoisotopic (exact) mass is 429 g/mol. The van der Waals surface area contributed by atoms with E-state index in [0.29, 0.717) is 36.3 Å². The highest BCUT2D eigenvalue weighted by molar-refractivity contribution is 5.99. The molecular weight excluding hydrogens is 402 g/mol. The number of hydrogen-bond donors (Lipinski definition) is 1. The topological polar surface area (TPSA) is 71.6 Å². The van der Waals surface area contributed by atoms with Crippen molar-refractivity contribution in [2.75, 3.05) is 13.6 Å². The molecular formula is C25H27N5O2. The predicted molar refractivity (Wildman–Crippen MR) is 124 cm³/mol. The van der Waals surface area contributed by atoms with E-state index in [4.69, 9.17) is 0 Å². The van der Waals surface area contributed by atoms with Gasteiger partial charge in [0.05, 0.1) is 5.56 Å². The van der Waals surface area contributed by atoms with E-state index in [2.05, 4.69) is 22.4 Å². The number of amides is 2. The van der Waals surface area contributed by atoms with E-state index in [1.807, 2.05) is 67.4 Å². The van der Waals surface area contributed by atoms with Crippen LogP contribution in [0.3, 0.4) is 0 Å². The van der Waals surface area contributed by atoms with Gasteiger partial charge < -0.3 is 19.2 Å². The highest BCUT2D eigenvalue weighted by Crippen LogP contribution is 2.17. The molecule has 1 N–H and O–H groups in total. The number of pyridine rings is 1. The van der Waals surface area contributed by atoms with Crippen LogP contribution in [-0.2, 0) is 13.5 Å². The molecule has 0 fully saturated rings. The lowest BCUT2D eigenvalue weighted by molar-refractivity contribution is 0.0724. The maximum absolute atomic E-state index is 13.4. The summed E-state index contributed by atoms with van der Waals surface area (Å²) in [6.45, 7) is 0.465. The standard InChI is InChI=1S/C25H27N5O2/c1-28-15-7-11-22(28)24(31)27-13-12-20(18-19-8-4-3-5-9-19)29(2)25(32)21-10-6-16-30-17-14-26-23(21)30/h3-11,14-17,20H,12-13,18H2,1-2H3,(H,27,31). The molecule has 1 aromatic carbocycles. The first kappa shape index (κ1) is 21.4. The highest BCUT2D eigenvalue weighted by Gasteiger charge is 2.24. The van der Waals surface area contributed by atoms with Crippen LogP contribution in [0.2, 0.25) is 0 Å². The van der Waals surface area contributed by atoms with Crippen molar-refractivity contribution in [2.45, 2.75) is 18.9 Å². The van der Waals surface area contributed by atoms with E-state index >= 15 is 0 Å². The summed E-state index contributed by atoms with van der Waals surface area (Å²) in [5.74, 6) is -0.205. The molecule has 0 saturated carbocycles. The lowest BCUT2D eigenvalue weighted by Crippen LogP contribution is -2.41. The van der Waals surface area contributed by atoms with Gasteiger partial charge in [0.15, 0.2) is 0 Å². The van der Waals surface area contributed by atoms with Gasteiger partial charge in [-0.05, 0) is 42.7 Å². The van der Waals surface area contributed by atoms with E-state index in [1.165, 1.54) is 0 Å². The number of imidazole rings is 1. The van der Waals surface area contributed by atoms with Crippen molar-refractivity contribution in [3.8, 4) is 0 Å².